The Morgan fingerprint density at radius 2 is 1.62 bits per heavy atom. The second kappa shape index (κ2) is 9.11. The monoisotopic (exact) mass is 430 g/mol. The summed E-state index contributed by atoms with van der Waals surface area (Å²) in [7, 11) is 0. The second-order valence-electron chi connectivity index (χ2n) is 8.87. The molecule has 2 aromatic carbocycles. The molecule has 2 atom stereocenters. The van der Waals surface area contributed by atoms with Crippen LogP contribution in [0.4, 0.5) is 0 Å². The van der Waals surface area contributed by atoms with Gasteiger partial charge in [-0.15, -0.1) is 0 Å². The molecule has 0 aliphatic heterocycles. The third kappa shape index (κ3) is 3.77. The lowest BCUT2D eigenvalue weighted by Crippen LogP contribution is -2.47. The van der Waals surface area contributed by atoms with Crippen molar-refractivity contribution in [1.82, 2.24) is 4.57 Å². The lowest BCUT2D eigenvalue weighted by atomic mass is 9.64. The molecule has 1 saturated carbocycles. The van der Waals surface area contributed by atoms with Crippen LogP contribution in [0.1, 0.15) is 56.1 Å². The van der Waals surface area contributed by atoms with Crippen molar-refractivity contribution in [2.45, 2.75) is 57.5 Å². The van der Waals surface area contributed by atoms with Gasteiger partial charge in [0.05, 0.1) is 0 Å². The number of nitrogens with zero attached hydrogens (tertiary/aromatic N) is 2. The third-order valence-corrected chi connectivity index (χ3v) is 7.00. The molecule has 1 fully saturated rings. The number of benzene rings is 2. The van der Waals surface area contributed by atoms with Crippen molar-refractivity contribution in [2.24, 2.45) is 11.7 Å². The molecule has 5 heteroatoms. The van der Waals surface area contributed by atoms with E-state index < -0.39 is 5.41 Å². The number of nitrogens with two attached hydrogens (primary N) is 1. The molecular weight excluding hydrogens is 398 g/mol. The molecule has 0 unspecified atom stereocenters. The largest absolute Gasteiger partial charge is 0.369 e. The minimum absolute atomic E-state index is 0.0863. The number of hydrogen-bond donors (Lipinski definition) is 1. The quantitative estimate of drug-likeness (QED) is 0.553. The number of carbonyl (C=O) groups excluding carboxylic acids is 2. The Bertz CT molecular complexity index is 1050. The molecule has 166 valence electrons. The molecule has 4 rings (SSSR count). The van der Waals surface area contributed by atoms with Crippen molar-refractivity contribution in [3.05, 3.63) is 90.0 Å². The summed E-state index contributed by atoms with van der Waals surface area (Å²) in [6, 6.07) is 20.2. The van der Waals surface area contributed by atoms with Gasteiger partial charge in [-0.2, -0.15) is 0 Å². The van der Waals surface area contributed by atoms with Gasteiger partial charge in [-0.3, -0.25) is 9.59 Å². The Kier molecular flexibility index (Phi) is 6.26. The Hall–Kier alpha value is -3.21. The molecular formula is C27H32N3O2+. The molecule has 1 heterocycles. The Balaban J connectivity index is 1.75. The molecule has 2 N–H and O–H groups in total. The van der Waals surface area contributed by atoms with E-state index in [9.17, 15) is 9.59 Å². The van der Waals surface area contributed by atoms with E-state index >= 15 is 0 Å². The van der Waals surface area contributed by atoms with Crippen molar-refractivity contribution in [1.29, 1.82) is 0 Å². The molecule has 0 bridgehead atoms. The summed E-state index contributed by atoms with van der Waals surface area (Å²) < 4.78 is 4.36. The fourth-order valence-electron chi connectivity index (χ4n) is 5.70. The summed E-state index contributed by atoms with van der Waals surface area (Å²) in [6.45, 7) is 4.14. The van der Waals surface area contributed by atoms with Gasteiger partial charge in [0, 0.05) is 6.42 Å². The highest BCUT2D eigenvalue weighted by Crippen LogP contribution is 2.49. The van der Waals surface area contributed by atoms with Gasteiger partial charge in [-0.05, 0) is 43.2 Å². The maximum Gasteiger partial charge on any atom is 0.256 e. The van der Waals surface area contributed by atoms with Crippen molar-refractivity contribution in [3.63, 3.8) is 0 Å². The van der Waals surface area contributed by atoms with E-state index in [-0.39, 0.29) is 23.7 Å². The highest BCUT2D eigenvalue weighted by molar-refractivity contribution is 5.91. The molecule has 1 aromatic heterocycles. The van der Waals surface area contributed by atoms with E-state index in [4.69, 9.17) is 5.73 Å². The molecule has 1 amide bonds. The topological polar surface area (TPSA) is 69.0 Å². The maximum atomic E-state index is 13.3. The lowest BCUT2D eigenvalue weighted by Gasteiger charge is -2.37. The Labute approximate surface area is 189 Å². The molecule has 0 radical (unpaired) electrons. The van der Waals surface area contributed by atoms with Crippen LogP contribution in [0.15, 0.2) is 73.1 Å². The fraction of sp³-hybridized carbons (Fsp3) is 0.370. The molecule has 1 aliphatic rings. The molecule has 1 aliphatic carbocycles. The summed E-state index contributed by atoms with van der Waals surface area (Å²) in [6.07, 6.45) is 7.68. The number of rotatable bonds is 8. The predicted molar refractivity (Wildman–Crippen MR) is 124 cm³/mol. The Morgan fingerprint density at radius 1 is 1.03 bits per heavy atom. The molecule has 0 spiro atoms. The zero-order chi connectivity index (χ0) is 22.7. The average molecular weight is 431 g/mol. The van der Waals surface area contributed by atoms with E-state index in [2.05, 4.69) is 17.7 Å². The highest BCUT2D eigenvalue weighted by atomic mass is 16.1. The predicted octanol–water partition coefficient (Wildman–Crippen LogP) is 3.74. The van der Waals surface area contributed by atoms with Crippen LogP contribution >= 0.6 is 0 Å². The minimum Gasteiger partial charge on any atom is -0.369 e. The first-order valence-electron chi connectivity index (χ1n) is 11.5. The van der Waals surface area contributed by atoms with Gasteiger partial charge in [0.25, 0.3) is 5.82 Å². The number of amides is 1. The van der Waals surface area contributed by atoms with Gasteiger partial charge in [-0.25, -0.2) is 9.13 Å². The molecule has 0 saturated heterocycles. The first-order valence-corrected chi connectivity index (χ1v) is 11.5. The number of aromatic nitrogens is 2. The summed E-state index contributed by atoms with van der Waals surface area (Å²) >= 11 is 0. The smallest absolute Gasteiger partial charge is 0.256 e. The second-order valence-corrected chi connectivity index (χ2v) is 8.87. The van der Waals surface area contributed by atoms with Crippen molar-refractivity contribution in [2.75, 3.05) is 0 Å². The van der Waals surface area contributed by atoms with Crippen LogP contribution in [0.25, 0.3) is 0 Å². The van der Waals surface area contributed by atoms with Gasteiger partial charge in [0.1, 0.15) is 30.4 Å². The summed E-state index contributed by atoms with van der Waals surface area (Å²) in [4.78, 5) is 25.0. The number of primary amides is 1. The van der Waals surface area contributed by atoms with Crippen LogP contribution in [0.5, 0.6) is 0 Å². The number of imidazole rings is 1. The first-order chi connectivity index (χ1) is 15.5. The SMILES string of the molecule is CCc1n([C@H]2CC[C@@H](C(C(N)=O)(c3ccccc3)c3ccccc3)C2)cc[n+]1CC(C)=O. The summed E-state index contributed by atoms with van der Waals surface area (Å²) in [5, 5.41) is 0. The van der Waals surface area contributed by atoms with Gasteiger partial charge >= 0.3 is 0 Å². The lowest BCUT2D eigenvalue weighted by molar-refractivity contribution is -0.691. The van der Waals surface area contributed by atoms with Crippen LogP contribution in [0.2, 0.25) is 0 Å². The number of carbonyl (C=O) groups is 2. The van der Waals surface area contributed by atoms with Crippen LogP contribution in [-0.2, 0) is 28.0 Å². The maximum absolute atomic E-state index is 13.3. The number of Topliss-reactive ketones (excluding diaryl/α,β-unsaturated/α-hetero) is 1. The first kappa shape index (κ1) is 22.0. The zero-order valence-corrected chi connectivity index (χ0v) is 18.9. The van der Waals surface area contributed by atoms with Gasteiger partial charge in [0.2, 0.25) is 5.91 Å². The van der Waals surface area contributed by atoms with Crippen LogP contribution in [0.3, 0.4) is 0 Å². The zero-order valence-electron chi connectivity index (χ0n) is 18.9. The summed E-state index contributed by atoms with van der Waals surface area (Å²) in [5.41, 5.74) is 7.27. The standard InChI is InChI=1S/C27H31N3O2/c1-3-25-29(19-20(2)31)16-17-30(25)24-15-14-23(18-24)27(26(28)32,21-10-6-4-7-11-21)22-12-8-5-9-13-22/h4-13,16-17,23-24H,3,14-15,18-19H2,1-2H3,(H-,28,32)/p+1/t23-,24+/m1/s1. The molecule has 5 nitrogen and oxygen atoms in total. The van der Waals surface area contributed by atoms with Gasteiger partial charge in [-0.1, -0.05) is 67.6 Å². The van der Waals surface area contributed by atoms with Crippen molar-refractivity contribution >= 4 is 11.7 Å². The van der Waals surface area contributed by atoms with Crippen molar-refractivity contribution in [3.8, 4) is 0 Å². The highest BCUT2D eigenvalue weighted by Gasteiger charge is 2.51. The summed E-state index contributed by atoms with van der Waals surface area (Å²) in [5.74, 6) is 1.08. The normalized spacial score (nSPS) is 18.6. The number of hydrogen-bond acceptors (Lipinski definition) is 2. The van der Waals surface area contributed by atoms with E-state index in [1.807, 2.05) is 71.4 Å². The molecule has 3 aromatic rings. The van der Waals surface area contributed by atoms with Gasteiger partial charge < -0.3 is 5.73 Å². The van der Waals surface area contributed by atoms with E-state index in [1.54, 1.807) is 6.92 Å². The van der Waals surface area contributed by atoms with Crippen LogP contribution in [0, 0.1) is 5.92 Å². The van der Waals surface area contributed by atoms with Crippen LogP contribution < -0.4 is 10.3 Å². The van der Waals surface area contributed by atoms with E-state index in [0.717, 1.165) is 42.6 Å². The van der Waals surface area contributed by atoms with Crippen molar-refractivity contribution < 1.29 is 14.2 Å². The van der Waals surface area contributed by atoms with E-state index in [0.29, 0.717) is 6.54 Å². The van der Waals surface area contributed by atoms with Gasteiger partial charge in [0.15, 0.2) is 5.78 Å². The van der Waals surface area contributed by atoms with E-state index in [1.165, 1.54) is 0 Å². The molecule has 32 heavy (non-hydrogen) atoms. The third-order valence-electron chi connectivity index (χ3n) is 7.00. The Morgan fingerprint density at radius 3 is 2.12 bits per heavy atom. The fourth-order valence-corrected chi connectivity index (χ4v) is 5.70. The van der Waals surface area contributed by atoms with Crippen LogP contribution in [-0.4, -0.2) is 16.3 Å². The average Bonchev–Trinajstić information content (AvgIpc) is 3.42. The minimum atomic E-state index is -0.869. The number of ketones is 1.